The largest absolute Gasteiger partial charge is 0.377 e. The first-order valence-corrected chi connectivity index (χ1v) is 5.30. The molecule has 0 aromatic rings. The third kappa shape index (κ3) is 4.07. The van der Waals surface area contributed by atoms with Gasteiger partial charge in [0, 0.05) is 13.1 Å². The van der Waals surface area contributed by atoms with Crippen LogP contribution in [0.1, 0.15) is 20.3 Å². The maximum absolute atomic E-state index is 11.5. The Kier molecular flexibility index (Phi) is 4.90. The van der Waals surface area contributed by atoms with E-state index in [0.29, 0.717) is 13.2 Å². The van der Waals surface area contributed by atoms with E-state index in [2.05, 4.69) is 5.32 Å². The summed E-state index contributed by atoms with van der Waals surface area (Å²) in [6.07, 6.45) is 1.28. The van der Waals surface area contributed by atoms with Gasteiger partial charge in [-0.25, -0.2) is 0 Å². The van der Waals surface area contributed by atoms with E-state index in [9.17, 15) is 4.79 Å². The van der Waals surface area contributed by atoms with Gasteiger partial charge in [-0.2, -0.15) is 0 Å². The first-order chi connectivity index (χ1) is 6.70. The van der Waals surface area contributed by atoms with E-state index >= 15 is 0 Å². The molecule has 0 aromatic heterocycles. The van der Waals surface area contributed by atoms with Crippen LogP contribution in [0.5, 0.6) is 0 Å². The first-order valence-electron chi connectivity index (χ1n) is 5.30. The van der Waals surface area contributed by atoms with Gasteiger partial charge in [0.05, 0.1) is 19.3 Å². The van der Waals surface area contributed by atoms with Crippen molar-refractivity contribution in [3.63, 3.8) is 0 Å². The predicted molar refractivity (Wildman–Crippen MR) is 55.2 cm³/mol. The molecule has 82 valence electrons. The maximum atomic E-state index is 11.5. The van der Waals surface area contributed by atoms with Crippen LogP contribution in [0, 0.1) is 0 Å². The molecule has 1 N–H and O–H groups in total. The van der Waals surface area contributed by atoms with E-state index in [1.165, 1.54) is 0 Å². The zero-order chi connectivity index (χ0) is 10.4. The quantitative estimate of drug-likeness (QED) is 0.706. The van der Waals surface area contributed by atoms with Crippen LogP contribution in [0.3, 0.4) is 0 Å². The van der Waals surface area contributed by atoms with Crippen LogP contribution in [0.2, 0.25) is 0 Å². The number of carbonyl (C=O) groups excluding carboxylic acids is 1. The van der Waals surface area contributed by atoms with Gasteiger partial charge in [-0.1, -0.05) is 0 Å². The van der Waals surface area contributed by atoms with Crippen molar-refractivity contribution in [3.05, 3.63) is 0 Å². The number of hydrogen-bond donors (Lipinski definition) is 1. The van der Waals surface area contributed by atoms with Gasteiger partial charge in [0.25, 0.3) is 0 Å². The molecule has 0 radical (unpaired) electrons. The Labute approximate surface area is 85.6 Å². The molecule has 1 heterocycles. The monoisotopic (exact) mass is 200 g/mol. The molecule has 0 unspecified atom stereocenters. The van der Waals surface area contributed by atoms with Crippen molar-refractivity contribution in [2.24, 2.45) is 0 Å². The highest BCUT2D eigenvalue weighted by molar-refractivity contribution is 5.78. The topological polar surface area (TPSA) is 41.6 Å². The van der Waals surface area contributed by atoms with Crippen LogP contribution < -0.4 is 5.32 Å². The molecule has 1 aliphatic rings. The van der Waals surface area contributed by atoms with Crippen LogP contribution in [0.4, 0.5) is 0 Å². The van der Waals surface area contributed by atoms with Crippen LogP contribution in [-0.4, -0.2) is 49.7 Å². The molecule has 1 saturated heterocycles. The summed E-state index contributed by atoms with van der Waals surface area (Å²) in [5.74, 6) is 0.190. The second kappa shape index (κ2) is 5.98. The molecule has 1 aliphatic heterocycles. The van der Waals surface area contributed by atoms with Crippen molar-refractivity contribution in [3.8, 4) is 0 Å². The minimum Gasteiger partial charge on any atom is -0.377 e. The zero-order valence-electron chi connectivity index (χ0n) is 9.08. The van der Waals surface area contributed by atoms with E-state index in [4.69, 9.17) is 4.74 Å². The number of rotatable bonds is 4. The zero-order valence-corrected chi connectivity index (χ0v) is 9.08. The Morgan fingerprint density at radius 2 is 2.36 bits per heavy atom. The highest BCUT2D eigenvalue weighted by atomic mass is 16.5. The number of nitrogens with zero attached hydrogens (tertiary/aromatic N) is 1. The predicted octanol–water partition coefficient (Wildman–Crippen LogP) is 0.233. The van der Waals surface area contributed by atoms with Crippen molar-refractivity contribution in [1.29, 1.82) is 0 Å². The number of hydrogen-bond acceptors (Lipinski definition) is 3. The standard InChI is InChI=1S/C10H20N2O2/c1-9(2)14-7-6-12-5-3-4-11-8-10(12)13/h9,11H,3-8H2,1-2H3. The third-order valence-corrected chi connectivity index (χ3v) is 2.22. The summed E-state index contributed by atoms with van der Waals surface area (Å²) >= 11 is 0. The summed E-state index contributed by atoms with van der Waals surface area (Å²) in [5, 5.41) is 3.09. The fourth-order valence-corrected chi connectivity index (χ4v) is 1.46. The molecular weight excluding hydrogens is 180 g/mol. The molecule has 1 rings (SSSR count). The minimum absolute atomic E-state index is 0.190. The molecule has 4 nitrogen and oxygen atoms in total. The second-order valence-corrected chi connectivity index (χ2v) is 3.83. The van der Waals surface area contributed by atoms with E-state index < -0.39 is 0 Å². The third-order valence-electron chi connectivity index (χ3n) is 2.22. The summed E-state index contributed by atoms with van der Waals surface area (Å²) in [4.78, 5) is 13.4. The fraction of sp³-hybridized carbons (Fsp3) is 0.900. The van der Waals surface area contributed by atoms with Gasteiger partial charge in [-0.3, -0.25) is 4.79 Å². The maximum Gasteiger partial charge on any atom is 0.236 e. The van der Waals surface area contributed by atoms with Crippen molar-refractivity contribution in [2.45, 2.75) is 26.4 Å². The average Bonchev–Trinajstić information content (AvgIpc) is 2.31. The van der Waals surface area contributed by atoms with Gasteiger partial charge in [0.15, 0.2) is 0 Å². The lowest BCUT2D eigenvalue weighted by atomic mass is 10.4. The van der Waals surface area contributed by atoms with Crippen LogP contribution in [0.15, 0.2) is 0 Å². The summed E-state index contributed by atoms with van der Waals surface area (Å²) in [6.45, 7) is 7.64. The van der Waals surface area contributed by atoms with Crippen molar-refractivity contribution >= 4 is 5.91 Å². The highest BCUT2D eigenvalue weighted by Crippen LogP contribution is 1.97. The smallest absolute Gasteiger partial charge is 0.236 e. The second-order valence-electron chi connectivity index (χ2n) is 3.83. The fourth-order valence-electron chi connectivity index (χ4n) is 1.46. The van der Waals surface area contributed by atoms with Gasteiger partial charge in [0.1, 0.15) is 0 Å². The molecular formula is C10H20N2O2. The van der Waals surface area contributed by atoms with Gasteiger partial charge < -0.3 is 15.0 Å². The lowest BCUT2D eigenvalue weighted by Gasteiger charge is -2.20. The molecule has 0 saturated carbocycles. The number of carbonyl (C=O) groups is 1. The first kappa shape index (κ1) is 11.5. The van der Waals surface area contributed by atoms with E-state index in [1.54, 1.807) is 0 Å². The van der Waals surface area contributed by atoms with E-state index in [0.717, 1.165) is 26.1 Å². The summed E-state index contributed by atoms with van der Waals surface area (Å²) in [5.41, 5.74) is 0. The molecule has 0 atom stereocenters. The Morgan fingerprint density at radius 3 is 3.07 bits per heavy atom. The lowest BCUT2D eigenvalue weighted by Crippen LogP contribution is -2.37. The molecule has 0 aromatic carbocycles. The number of nitrogens with one attached hydrogen (secondary N) is 1. The van der Waals surface area contributed by atoms with Crippen LogP contribution in [0.25, 0.3) is 0 Å². The summed E-state index contributed by atoms with van der Waals surface area (Å²) in [7, 11) is 0. The summed E-state index contributed by atoms with van der Waals surface area (Å²) in [6, 6.07) is 0. The lowest BCUT2D eigenvalue weighted by molar-refractivity contribution is -0.130. The molecule has 1 amide bonds. The van der Waals surface area contributed by atoms with E-state index in [-0.39, 0.29) is 12.0 Å². The Hall–Kier alpha value is -0.610. The van der Waals surface area contributed by atoms with Gasteiger partial charge in [0.2, 0.25) is 5.91 Å². The van der Waals surface area contributed by atoms with Gasteiger partial charge in [-0.05, 0) is 26.8 Å². The number of amides is 1. The normalized spacial score (nSPS) is 18.8. The van der Waals surface area contributed by atoms with Crippen molar-refractivity contribution in [1.82, 2.24) is 10.2 Å². The summed E-state index contributed by atoms with van der Waals surface area (Å²) < 4.78 is 5.42. The average molecular weight is 200 g/mol. The molecule has 0 aliphatic carbocycles. The highest BCUT2D eigenvalue weighted by Gasteiger charge is 2.15. The van der Waals surface area contributed by atoms with Crippen molar-refractivity contribution in [2.75, 3.05) is 32.8 Å². The van der Waals surface area contributed by atoms with Gasteiger partial charge >= 0.3 is 0 Å². The molecule has 1 fully saturated rings. The molecule has 0 spiro atoms. The Balaban J connectivity index is 2.23. The minimum atomic E-state index is 0.190. The van der Waals surface area contributed by atoms with Crippen LogP contribution in [-0.2, 0) is 9.53 Å². The molecule has 0 bridgehead atoms. The molecule has 4 heteroatoms. The Morgan fingerprint density at radius 1 is 1.57 bits per heavy atom. The molecule has 14 heavy (non-hydrogen) atoms. The SMILES string of the molecule is CC(C)OCCN1CCCNCC1=O. The van der Waals surface area contributed by atoms with Gasteiger partial charge in [-0.15, -0.1) is 0 Å². The van der Waals surface area contributed by atoms with E-state index in [1.807, 2.05) is 18.7 Å². The van der Waals surface area contributed by atoms with Crippen molar-refractivity contribution < 1.29 is 9.53 Å². The number of ether oxygens (including phenoxy) is 1. The Bertz CT molecular complexity index is 183. The van der Waals surface area contributed by atoms with Crippen LogP contribution >= 0.6 is 0 Å².